The molecule has 0 bridgehead atoms. The van der Waals surface area contributed by atoms with Crippen LogP contribution >= 0.6 is 0 Å². The van der Waals surface area contributed by atoms with Gasteiger partial charge >= 0.3 is 0 Å². The van der Waals surface area contributed by atoms with E-state index in [-0.39, 0.29) is 30.1 Å². The summed E-state index contributed by atoms with van der Waals surface area (Å²) in [6.45, 7) is 2.68. The van der Waals surface area contributed by atoms with Gasteiger partial charge in [0.05, 0.1) is 18.1 Å². The van der Waals surface area contributed by atoms with Crippen molar-refractivity contribution in [1.82, 2.24) is 9.62 Å². The minimum Gasteiger partial charge on any atom is -0.350 e. The summed E-state index contributed by atoms with van der Waals surface area (Å²) in [4.78, 5) is 14.5. The summed E-state index contributed by atoms with van der Waals surface area (Å²) < 4.78 is 38.8. The predicted octanol–water partition coefficient (Wildman–Crippen LogP) is 2.12. The van der Waals surface area contributed by atoms with Crippen molar-refractivity contribution in [2.45, 2.75) is 30.4 Å². The van der Waals surface area contributed by atoms with Crippen LogP contribution < -0.4 is 4.72 Å². The molecule has 2 aromatic carbocycles. The van der Waals surface area contributed by atoms with Crippen LogP contribution in [0.4, 0.5) is 0 Å². The van der Waals surface area contributed by atoms with Crippen molar-refractivity contribution in [1.29, 1.82) is 0 Å². The monoisotopic (exact) mass is 418 g/mol. The number of hydrogen-bond donors (Lipinski definition) is 1. The molecule has 8 heteroatoms. The van der Waals surface area contributed by atoms with Crippen molar-refractivity contribution in [3.63, 3.8) is 0 Å². The van der Waals surface area contributed by atoms with Crippen molar-refractivity contribution in [3.8, 4) is 0 Å². The molecule has 0 unspecified atom stereocenters. The van der Waals surface area contributed by atoms with E-state index in [9.17, 15) is 13.2 Å². The molecule has 2 heterocycles. The maximum atomic E-state index is 12.6. The molecular formula is C21H26N2O5S. The van der Waals surface area contributed by atoms with Crippen LogP contribution in [0.5, 0.6) is 0 Å². The number of sulfonamides is 1. The van der Waals surface area contributed by atoms with Gasteiger partial charge in [0.15, 0.2) is 6.29 Å². The Morgan fingerprint density at radius 3 is 2.45 bits per heavy atom. The molecule has 2 saturated heterocycles. The quantitative estimate of drug-likeness (QED) is 0.777. The number of rotatable bonds is 6. The molecule has 2 aromatic rings. The maximum Gasteiger partial charge on any atom is 0.240 e. The first kappa shape index (κ1) is 20.3. The van der Waals surface area contributed by atoms with E-state index in [4.69, 9.17) is 9.47 Å². The fourth-order valence-corrected chi connectivity index (χ4v) is 5.00. The molecule has 29 heavy (non-hydrogen) atoms. The van der Waals surface area contributed by atoms with Gasteiger partial charge in [0.2, 0.25) is 15.9 Å². The van der Waals surface area contributed by atoms with Gasteiger partial charge in [-0.2, -0.15) is 0 Å². The van der Waals surface area contributed by atoms with E-state index < -0.39 is 10.0 Å². The molecule has 2 aliphatic heterocycles. The van der Waals surface area contributed by atoms with Crippen LogP contribution in [0.2, 0.25) is 0 Å². The number of ether oxygens (including phenoxy) is 2. The highest BCUT2D eigenvalue weighted by atomic mass is 32.2. The lowest BCUT2D eigenvalue weighted by atomic mass is 9.96. The molecule has 2 aliphatic rings. The minimum absolute atomic E-state index is 0.0297. The molecule has 0 radical (unpaired) electrons. The first-order valence-corrected chi connectivity index (χ1v) is 11.5. The summed E-state index contributed by atoms with van der Waals surface area (Å²) in [6, 6.07) is 12.6. The number of benzene rings is 2. The largest absolute Gasteiger partial charge is 0.350 e. The molecule has 7 nitrogen and oxygen atoms in total. The normalized spacial score (nSPS) is 19.1. The van der Waals surface area contributed by atoms with E-state index in [0.717, 1.165) is 23.6 Å². The van der Waals surface area contributed by atoms with Crippen LogP contribution in [0.25, 0.3) is 10.8 Å². The highest BCUT2D eigenvalue weighted by Crippen LogP contribution is 2.26. The van der Waals surface area contributed by atoms with Gasteiger partial charge in [-0.05, 0) is 35.7 Å². The summed E-state index contributed by atoms with van der Waals surface area (Å²) in [5, 5.41) is 1.85. The number of fused-ring (bicyclic) bond motifs is 1. The molecule has 0 aromatic heterocycles. The van der Waals surface area contributed by atoms with Gasteiger partial charge in [0.25, 0.3) is 0 Å². The van der Waals surface area contributed by atoms with Crippen molar-refractivity contribution in [2.24, 2.45) is 5.92 Å². The maximum absolute atomic E-state index is 12.6. The van der Waals surface area contributed by atoms with Crippen LogP contribution in [0.1, 0.15) is 19.3 Å². The van der Waals surface area contributed by atoms with Crippen molar-refractivity contribution < 1.29 is 22.7 Å². The third-order valence-electron chi connectivity index (χ3n) is 5.59. The van der Waals surface area contributed by atoms with Gasteiger partial charge in [-0.1, -0.05) is 30.3 Å². The smallest absolute Gasteiger partial charge is 0.240 e. The Bertz CT molecular complexity index is 964. The zero-order valence-electron chi connectivity index (χ0n) is 16.2. The molecule has 0 saturated carbocycles. The van der Waals surface area contributed by atoms with Crippen LogP contribution in [-0.4, -0.2) is 58.4 Å². The topological polar surface area (TPSA) is 84.9 Å². The van der Waals surface area contributed by atoms with Crippen molar-refractivity contribution in [2.75, 3.05) is 32.8 Å². The summed E-state index contributed by atoms with van der Waals surface area (Å²) in [6.07, 6.45) is 1.70. The molecule has 1 N–H and O–H groups in total. The second-order valence-corrected chi connectivity index (χ2v) is 9.25. The number of hydrogen-bond acceptors (Lipinski definition) is 5. The van der Waals surface area contributed by atoms with Gasteiger partial charge in [-0.3, -0.25) is 4.79 Å². The van der Waals surface area contributed by atoms with Gasteiger partial charge in [-0.15, -0.1) is 0 Å². The zero-order chi connectivity index (χ0) is 20.3. The number of carbonyl (C=O) groups is 1. The minimum atomic E-state index is -3.65. The third-order valence-corrected chi connectivity index (χ3v) is 7.05. The van der Waals surface area contributed by atoms with Gasteiger partial charge in [0.1, 0.15) is 0 Å². The Hall–Kier alpha value is -2.00. The molecule has 0 atom stereocenters. The SMILES string of the molecule is O=C(CCNS(=O)(=O)c1ccc2ccccc2c1)N1CCC(C2OCCO2)CC1. The summed E-state index contributed by atoms with van der Waals surface area (Å²) >= 11 is 0. The van der Waals surface area contributed by atoms with E-state index >= 15 is 0 Å². The standard InChI is InChI=1S/C21H26N2O5S/c24-20(23-11-8-17(9-12-23)21-27-13-14-28-21)7-10-22-29(25,26)19-6-5-16-3-1-2-4-18(16)15-19/h1-6,15,17,21-22H,7-14H2. The number of amides is 1. The van der Waals surface area contributed by atoms with Crippen molar-refractivity contribution >= 4 is 26.7 Å². The van der Waals surface area contributed by atoms with E-state index in [1.54, 1.807) is 23.1 Å². The van der Waals surface area contributed by atoms with Crippen molar-refractivity contribution in [3.05, 3.63) is 42.5 Å². The van der Waals surface area contributed by atoms with Gasteiger partial charge in [-0.25, -0.2) is 13.1 Å². The number of nitrogens with zero attached hydrogens (tertiary/aromatic N) is 1. The van der Waals surface area contributed by atoms with E-state index in [0.29, 0.717) is 32.2 Å². The first-order valence-electron chi connectivity index (χ1n) is 10.0. The average Bonchev–Trinajstić information content (AvgIpc) is 3.28. The lowest BCUT2D eigenvalue weighted by Gasteiger charge is -2.33. The number of carbonyl (C=O) groups excluding carboxylic acids is 1. The van der Waals surface area contributed by atoms with Crippen LogP contribution in [0.3, 0.4) is 0 Å². The second kappa shape index (κ2) is 8.79. The summed E-state index contributed by atoms with van der Waals surface area (Å²) in [7, 11) is -3.65. The van der Waals surface area contributed by atoms with E-state index in [1.807, 2.05) is 24.3 Å². The predicted molar refractivity (Wildman–Crippen MR) is 109 cm³/mol. The first-order chi connectivity index (χ1) is 14.0. The van der Waals surface area contributed by atoms with Crippen LogP contribution in [-0.2, 0) is 24.3 Å². The lowest BCUT2D eigenvalue weighted by Crippen LogP contribution is -2.42. The second-order valence-electron chi connectivity index (χ2n) is 7.48. The van der Waals surface area contributed by atoms with Crippen LogP contribution in [0.15, 0.2) is 47.4 Å². The highest BCUT2D eigenvalue weighted by molar-refractivity contribution is 7.89. The fraction of sp³-hybridized carbons (Fsp3) is 0.476. The fourth-order valence-electron chi connectivity index (χ4n) is 3.94. The summed E-state index contributed by atoms with van der Waals surface area (Å²) in [5.74, 6) is 0.297. The summed E-state index contributed by atoms with van der Waals surface area (Å²) in [5.41, 5.74) is 0. The van der Waals surface area contributed by atoms with E-state index in [1.165, 1.54) is 0 Å². The van der Waals surface area contributed by atoms with Gasteiger partial charge < -0.3 is 14.4 Å². The molecule has 4 rings (SSSR count). The number of piperidine rings is 1. The number of nitrogens with one attached hydrogen (secondary N) is 1. The molecule has 156 valence electrons. The zero-order valence-corrected chi connectivity index (χ0v) is 17.1. The van der Waals surface area contributed by atoms with Gasteiger partial charge in [0, 0.05) is 32.0 Å². The highest BCUT2D eigenvalue weighted by Gasteiger charge is 2.31. The van der Waals surface area contributed by atoms with E-state index in [2.05, 4.69) is 4.72 Å². The molecule has 2 fully saturated rings. The Kier molecular flexibility index (Phi) is 6.15. The molecular weight excluding hydrogens is 392 g/mol. The Morgan fingerprint density at radius 2 is 1.72 bits per heavy atom. The molecule has 0 aliphatic carbocycles. The number of likely N-dealkylation sites (tertiary alicyclic amines) is 1. The molecule has 1 amide bonds. The Morgan fingerprint density at radius 1 is 1.03 bits per heavy atom. The average molecular weight is 419 g/mol. The Labute approximate surface area is 171 Å². The van der Waals surface area contributed by atoms with Crippen LogP contribution in [0, 0.1) is 5.92 Å². The lowest BCUT2D eigenvalue weighted by molar-refractivity contribution is -0.136. The Balaban J connectivity index is 1.27. The third kappa shape index (κ3) is 4.78. The molecule has 0 spiro atoms.